The third-order valence-electron chi connectivity index (χ3n) is 3.00. The molecule has 0 saturated heterocycles. The number of para-hydroxylation sites is 1. The van der Waals surface area contributed by atoms with Crippen LogP contribution in [0, 0.1) is 0 Å². The molecule has 0 aliphatic rings. The number of nitrogens with one attached hydrogen (secondary N) is 1. The molecule has 2 N–H and O–H groups in total. The first-order valence-electron chi connectivity index (χ1n) is 6.94. The van der Waals surface area contributed by atoms with Crippen molar-refractivity contribution in [2.75, 3.05) is 34.0 Å². The zero-order valence-electron chi connectivity index (χ0n) is 12.5. The number of benzene rings is 1. The van der Waals surface area contributed by atoms with E-state index in [1.807, 2.05) is 18.2 Å². The van der Waals surface area contributed by atoms with Crippen LogP contribution in [0.25, 0.3) is 0 Å². The molecule has 1 unspecified atom stereocenters. The Morgan fingerprint density at radius 2 is 1.85 bits per heavy atom. The molecule has 20 heavy (non-hydrogen) atoms. The number of ether oxygens (including phenoxy) is 3. The second-order valence-corrected chi connectivity index (χ2v) is 4.46. The van der Waals surface area contributed by atoms with Crippen LogP contribution in [0.1, 0.15) is 19.8 Å². The molecule has 1 atom stereocenters. The highest BCUT2D eigenvalue weighted by Crippen LogP contribution is 2.36. The van der Waals surface area contributed by atoms with Gasteiger partial charge in [0.15, 0.2) is 11.5 Å². The minimum atomic E-state index is 0.0515. The van der Waals surface area contributed by atoms with E-state index in [1.165, 1.54) is 0 Å². The fraction of sp³-hybridized carbons (Fsp3) is 0.600. The lowest BCUT2D eigenvalue weighted by Crippen LogP contribution is -2.34. The minimum absolute atomic E-state index is 0.0515. The average molecular weight is 283 g/mol. The van der Waals surface area contributed by atoms with Crippen LogP contribution in [-0.2, 0) is 0 Å². The van der Waals surface area contributed by atoms with Crippen LogP contribution in [0.3, 0.4) is 0 Å². The molecular formula is C15H25NO4. The SMILES string of the molecule is CCCNC(CO)CCOc1c(OC)cccc1OC. The zero-order valence-corrected chi connectivity index (χ0v) is 12.5. The van der Waals surface area contributed by atoms with Gasteiger partial charge < -0.3 is 24.6 Å². The molecule has 0 bridgehead atoms. The maximum absolute atomic E-state index is 9.28. The van der Waals surface area contributed by atoms with E-state index in [0.717, 1.165) is 19.4 Å². The molecule has 0 heterocycles. The molecule has 0 saturated carbocycles. The quantitative estimate of drug-likeness (QED) is 0.686. The van der Waals surface area contributed by atoms with Crippen LogP contribution in [0.4, 0.5) is 0 Å². The lowest BCUT2D eigenvalue weighted by Gasteiger charge is -2.18. The van der Waals surface area contributed by atoms with Crippen LogP contribution in [0.5, 0.6) is 17.2 Å². The Balaban J connectivity index is 2.56. The van der Waals surface area contributed by atoms with E-state index in [2.05, 4.69) is 12.2 Å². The lowest BCUT2D eigenvalue weighted by atomic mass is 10.2. The summed E-state index contributed by atoms with van der Waals surface area (Å²) in [6, 6.07) is 5.56. The highest BCUT2D eigenvalue weighted by atomic mass is 16.5. The van der Waals surface area contributed by atoms with Crippen molar-refractivity contribution in [3.05, 3.63) is 18.2 Å². The second kappa shape index (κ2) is 9.44. The fourth-order valence-electron chi connectivity index (χ4n) is 1.87. The Kier molecular flexibility index (Phi) is 7.84. The summed E-state index contributed by atoms with van der Waals surface area (Å²) in [5.41, 5.74) is 0. The van der Waals surface area contributed by atoms with E-state index in [-0.39, 0.29) is 12.6 Å². The first-order valence-corrected chi connectivity index (χ1v) is 6.94. The maximum Gasteiger partial charge on any atom is 0.203 e. The van der Waals surface area contributed by atoms with Gasteiger partial charge in [-0.25, -0.2) is 0 Å². The smallest absolute Gasteiger partial charge is 0.203 e. The van der Waals surface area contributed by atoms with Crippen molar-refractivity contribution in [2.24, 2.45) is 0 Å². The highest BCUT2D eigenvalue weighted by molar-refractivity contribution is 5.51. The van der Waals surface area contributed by atoms with Crippen molar-refractivity contribution >= 4 is 0 Å². The molecule has 0 aliphatic carbocycles. The first kappa shape index (κ1) is 16.6. The second-order valence-electron chi connectivity index (χ2n) is 4.46. The van der Waals surface area contributed by atoms with Crippen molar-refractivity contribution < 1.29 is 19.3 Å². The highest BCUT2D eigenvalue weighted by Gasteiger charge is 2.12. The van der Waals surface area contributed by atoms with Crippen molar-refractivity contribution in [3.63, 3.8) is 0 Å². The third-order valence-corrected chi connectivity index (χ3v) is 3.00. The van der Waals surface area contributed by atoms with E-state index >= 15 is 0 Å². The summed E-state index contributed by atoms with van der Waals surface area (Å²) in [4.78, 5) is 0. The molecule has 0 spiro atoms. The summed E-state index contributed by atoms with van der Waals surface area (Å²) in [6.07, 6.45) is 1.76. The lowest BCUT2D eigenvalue weighted by molar-refractivity contribution is 0.203. The number of rotatable bonds is 10. The van der Waals surface area contributed by atoms with Gasteiger partial charge in [-0.3, -0.25) is 0 Å². The minimum Gasteiger partial charge on any atom is -0.493 e. The van der Waals surface area contributed by atoms with Gasteiger partial charge >= 0.3 is 0 Å². The Morgan fingerprint density at radius 3 is 2.35 bits per heavy atom. The van der Waals surface area contributed by atoms with Gasteiger partial charge in [0.2, 0.25) is 5.75 Å². The molecule has 1 aromatic carbocycles. The Labute approximate surface area is 120 Å². The summed E-state index contributed by atoms with van der Waals surface area (Å²) in [7, 11) is 3.20. The van der Waals surface area contributed by atoms with Gasteiger partial charge in [0.1, 0.15) is 0 Å². The topological polar surface area (TPSA) is 60.0 Å². The molecule has 1 rings (SSSR count). The predicted octanol–water partition coefficient (Wildman–Crippen LogP) is 1.83. The molecule has 5 heteroatoms. The molecule has 0 aromatic heterocycles. The monoisotopic (exact) mass is 283 g/mol. The average Bonchev–Trinajstić information content (AvgIpc) is 2.50. The van der Waals surface area contributed by atoms with E-state index in [0.29, 0.717) is 23.9 Å². The van der Waals surface area contributed by atoms with Gasteiger partial charge in [0, 0.05) is 6.04 Å². The molecule has 114 valence electrons. The number of aliphatic hydroxyl groups excluding tert-OH is 1. The van der Waals surface area contributed by atoms with Crippen molar-refractivity contribution in [1.82, 2.24) is 5.32 Å². The predicted molar refractivity (Wildman–Crippen MR) is 78.8 cm³/mol. The normalized spacial score (nSPS) is 12.0. The number of methoxy groups -OCH3 is 2. The molecule has 0 radical (unpaired) electrons. The Hall–Kier alpha value is -1.46. The van der Waals surface area contributed by atoms with E-state index < -0.39 is 0 Å². The number of aliphatic hydroxyl groups is 1. The molecule has 0 aliphatic heterocycles. The van der Waals surface area contributed by atoms with Crippen LogP contribution in [0.15, 0.2) is 18.2 Å². The molecule has 0 fully saturated rings. The van der Waals surface area contributed by atoms with Gasteiger partial charge in [-0.15, -0.1) is 0 Å². The van der Waals surface area contributed by atoms with Crippen molar-refractivity contribution in [3.8, 4) is 17.2 Å². The van der Waals surface area contributed by atoms with Gasteiger partial charge in [0.25, 0.3) is 0 Å². The van der Waals surface area contributed by atoms with Crippen LogP contribution in [-0.4, -0.2) is 45.1 Å². The molecule has 5 nitrogen and oxygen atoms in total. The summed E-state index contributed by atoms with van der Waals surface area (Å²) in [5.74, 6) is 1.89. The largest absolute Gasteiger partial charge is 0.493 e. The maximum atomic E-state index is 9.28. The summed E-state index contributed by atoms with van der Waals surface area (Å²) < 4.78 is 16.3. The van der Waals surface area contributed by atoms with Gasteiger partial charge in [-0.1, -0.05) is 13.0 Å². The Morgan fingerprint density at radius 1 is 1.20 bits per heavy atom. The van der Waals surface area contributed by atoms with Crippen LogP contribution >= 0.6 is 0 Å². The van der Waals surface area contributed by atoms with E-state index in [4.69, 9.17) is 14.2 Å². The van der Waals surface area contributed by atoms with Crippen LogP contribution < -0.4 is 19.5 Å². The Bertz CT molecular complexity index is 362. The first-order chi connectivity index (χ1) is 9.76. The summed E-state index contributed by atoms with van der Waals surface area (Å²) in [6.45, 7) is 3.58. The number of hydrogen-bond acceptors (Lipinski definition) is 5. The van der Waals surface area contributed by atoms with Crippen molar-refractivity contribution in [2.45, 2.75) is 25.8 Å². The number of hydrogen-bond donors (Lipinski definition) is 2. The van der Waals surface area contributed by atoms with Gasteiger partial charge in [-0.05, 0) is 31.5 Å². The van der Waals surface area contributed by atoms with Crippen LogP contribution in [0.2, 0.25) is 0 Å². The summed E-state index contributed by atoms with van der Waals surface area (Å²) >= 11 is 0. The molecule has 0 amide bonds. The van der Waals surface area contributed by atoms with Gasteiger partial charge in [0.05, 0.1) is 27.4 Å². The fourth-order valence-corrected chi connectivity index (χ4v) is 1.87. The molecular weight excluding hydrogens is 258 g/mol. The summed E-state index contributed by atoms with van der Waals surface area (Å²) in [5, 5.41) is 12.6. The molecule has 1 aromatic rings. The zero-order chi connectivity index (χ0) is 14.8. The third kappa shape index (κ3) is 4.90. The van der Waals surface area contributed by atoms with E-state index in [9.17, 15) is 5.11 Å². The standard InChI is InChI=1S/C15H25NO4/c1-4-9-16-12(11-17)8-10-20-15-13(18-2)6-5-7-14(15)19-3/h5-7,12,16-17H,4,8-11H2,1-3H3. The van der Waals surface area contributed by atoms with E-state index in [1.54, 1.807) is 14.2 Å². The van der Waals surface area contributed by atoms with Gasteiger partial charge in [-0.2, -0.15) is 0 Å². The van der Waals surface area contributed by atoms with Crippen molar-refractivity contribution in [1.29, 1.82) is 0 Å².